The number of hydrogen-bond acceptors (Lipinski definition) is 4. The first kappa shape index (κ1) is 20.5. The van der Waals surface area contributed by atoms with Gasteiger partial charge in [0, 0.05) is 6.42 Å². The Balaban J connectivity index is 1.82. The van der Waals surface area contributed by atoms with Crippen molar-refractivity contribution < 1.29 is 19.0 Å². The van der Waals surface area contributed by atoms with Gasteiger partial charge < -0.3 is 14.2 Å². The summed E-state index contributed by atoms with van der Waals surface area (Å²) in [5, 5.41) is 0. The van der Waals surface area contributed by atoms with Crippen molar-refractivity contribution in [3.63, 3.8) is 0 Å². The van der Waals surface area contributed by atoms with Crippen LogP contribution in [0.2, 0.25) is 0 Å². The molecule has 0 aliphatic heterocycles. The Morgan fingerprint density at radius 3 is 2.25 bits per heavy atom. The predicted molar refractivity (Wildman–Crippen MR) is 96.3 cm³/mol. The molecule has 0 saturated heterocycles. The van der Waals surface area contributed by atoms with Gasteiger partial charge in [0.25, 0.3) is 0 Å². The van der Waals surface area contributed by atoms with E-state index in [1.807, 2.05) is 30.3 Å². The van der Waals surface area contributed by atoms with Crippen molar-refractivity contribution in [2.45, 2.75) is 58.3 Å². The highest BCUT2D eigenvalue weighted by Gasteiger charge is 2.02. The topological polar surface area (TPSA) is 44.8 Å². The Labute approximate surface area is 146 Å². The third kappa shape index (κ3) is 11.9. The van der Waals surface area contributed by atoms with Crippen molar-refractivity contribution in [1.29, 1.82) is 0 Å². The van der Waals surface area contributed by atoms with E-state index in [4.69, 9.17) is 14.2 Å². The van der Waals surface area contributed by atoms with Gasteiger partial charge in [-0.05, 0) is 18.6 Å². The molecule has 0 fully saturated rings. The molecule has 0 heterocycles. The highest BCUT2D eigenvalue weighted by atomic mass is 16.6. The first-order chi connectivity index (χ1) is 11.8. The summed E-state index contributed by atoms with van der Waals surface area (Å²) in [5.41, 5.74) is 0. The van der Waals surface area contributed by atoms with Crippen LogP contribution >= 0.6 is 0 Å². The lowest BCUT2D eigenvalue weighted by Crippen LogP contribution is -2.13. The number of benzene rings is 1. The summed E-state index contributed by atoms with van der Waals surface area (Å²) in [5.74, 6) is 0.718. The first-order valence-corrected chi connectivity index (χ1v) is 9.24. The van der Waals surface area contributed by atoms with Crippen LogP contribution in [0.5, 0.6) is 5.75 Å². The minimum absolute atomic E-state index is 0.118. The second kappa shape index (κ2) is 15.0. The van der Waals surface area contributed by atoms with Crippen LogP contribution in [-0.2, 0) is 14.3 Å². The normalized spacial score (nSPS) is 10.5. The second-order valence-corrected chi connectivity index (χ2v) is 5.87. The Bertz CT molecular complexity index is 405. The van der Waals surface area contributed by atoms with Gasteiger partial charge in [-0.1, -0.05) is 63.6 Å². The summed E-state index contributed by atoms with van der Waals surface area (Å²) in [6.45, 7) is 3.94. The Morgan fingerprint density at radius 1 is 0.833 bits per heavy atom. The minimum atomic E-state index is -0.118. The monoisotopic (exact) mass is 336 g/mol. The number of ether oxygens (including phenoxy) is 3. The molecule has 0 spiro atoms. The van der Waals surface area contributed by atoms with Crippen LogP contribution in [0.1, 0.15) is 58.3 Å². The molecule has 1 aromatic carbocycles. The zero-order chi connectivity index (χ0) is 17.3. The van der Waals surface area contributed by atoms with Crippen LogP contribution in [0.25, 0.3) is 0 Å². The smallest absolute Gasteiger partial charge is 0.305 e. The van der Waals surface area contributed by atoms with Crippen LogP contribution in [0, 0.1) is 0 Å². The van der Waals surface area contributed by atoms with Gasteiger partial charge in [-0.3, -0.25) is 4.79 Å². The molecular formula is C20H32O4. The van der Waals surface area contributed by atoms with E-state index in [1.54, 1.807) is 0 Å². The zero-order valence-corrected chi connectivity index (χ0v) is 15.0. The average molecular weight is 336 g/mol. The van der Waals surface area contributed by atoms with E-state index in [1.165, 1.54) is 32.1 Å². The molecule has 0 aliphatic rings. The summed E-state index contributed by atoms with van der Waals surface area (Å²) < 4.78 is 16.0. The van der Waals surface area contributed by atoms with Gasteiger partial charge in [-0.2, -0.15) is 0 Å². The molecule has 0 N–H and O–H groups in total. The van der Waals surface area contributed by atoms with Crippen molar-refractivity contribution in [3.05, 3.63) is 30.3 Å². The molecule has 4 nitrogen and oxygen atoms in total. The maximum absolute atomic E-state index is 11.5. The van der Waals surface area contributed by atoms with Gasteiger partial charge in [0.2, 0.25) is 0 Å². The molecule has 0 aromatic heterocycles. The highest BCUT2D eigenvalue weighted by molar-refractivity contribution is 5.69. The van der Waals surface area contributed by atoms with E-state index in [9.17, 15) is 4.79 Å². The standard InChI is InChI=1S/C20H32O4/c1-2-3-4-5-6-7-11-14-20(21)24-18-16-22-15-17-23-19-12-9-8-10-13-19/h8-10,12-13H,2-7,11,14-18H2,1H3. The number of carbonyl (C=O) groups excluding carboxylic acids is 1. The molecule has 1 rings (SSSR count). The Morgan fingerprint density at radius 2 is 1.50 bits per heavy atom. The zero-order valence-electron chi connectivity index (χ0n) is 15.0. The van der Waals surface area contributed by atoms with Crippen molar-refractivity contribution in [2.24, 2.45) is 0 Å². The SMILES string of the molecule is CCCCCCCCCC(=O)OCCOCCOc1ccccc1. The molecule has 0 aliphatic carbocycles. The Kier molecular flexibility index (Phi) is 12.8. The third-order valence-electron chi connectivity index (χ3n) is 3.71. The van der Waals surface area contributed by atoms with Crippen molar-refractivity contribution in [1.82, 2.24) is 0 Å². The Hall–Kier alpha value is -1.55. The largest absolute Gasteiger partial charge is 0.491 e. The van der Waals surface area contributed by atoms with E-state index >= 15 is 0 Å². The molecule has 0 radical (unpaired) electrons. The quantitative estimate of drug-likeness (QED) is 0.342. The van der Waals surface area contributed by atoms with Crippen LogP contribution in [0.4, 0.5) is 0 Å². The first-order valence-electron chi connectivity index (χ1n) is 9.24. The number of carbonyl (C=O) groups is 1. The highest BCUT2D eigenvalue weighted by Crippen LogP contribution is 2.09. The van der Waals surface area contributed by atoms with Crippen LogP contribution < -0.4 is 4.74 Å². The van der Waals surface area contributed by atoms with Gasteiger partial charge in [-0.15, -0.1) is 0 Å². The predicted octanol–water partition coefficient (Wildman–Crippen LogP) is 4.77. The van der Waals surface area contributed by atoms with E-state index in [-0.39, 0.29) is 5.97 Å². The summed E-state index contributed by atoms with van der Waals surface area (Å²) in [6, 6.07) is 9.63. The van der Waals surface area contributed by atoms with Crippen LogP contribution in [0.15, 0.2) is 30.3 Å². The number of hydrogen-bond donors (Lipinski definition) is 0. The molecule has 0 bridgehead atoms. The summed E-state index contributed by atoms with van der Waals surface area (Å²) in [6.07, 6.45) is 8.96. The number of unbranched alkanes of at least 4 members (excludes halogenated alkanes) is 6. The molecule has 1 aromatic rings. The van der Waals surface area contributed by atoms with E-state index < -0.39 is 0 Å². The van der Waals surface area contributed by atoms with Crippen molar-refractivity contribution >= 4 is 5.97 Å². The fourth-order valence-electron chi connectivity index (χ4n) is 2.35. The van der Waals surface area contributed by atoms with Gasteiger partial charge in [-0.25, -0.2) is 0 Å². The molecule has 0 atom stereocenters. The number of esters is 1. The maximum atomic E-state index is 11.5. The molecule has 4 heteroatoms. The lowest BCUT2D eigenvalue weighted by molar-refractivity contribution is -0.145. The lowest BCUT2D eigenvalue weighted by atomic mass is 10.1. The molecule has 24 heavy (non-hydrogen) atoms. The fraction of sp³-hybridized carbons (Fsp3) is 0.650. The summed E-state index contributed by atoms with van der Waals surface area (Å²) >= 11 is 0. The summed E-state index contributed by atoms with van der Waals surface area (Å²) in [4.78, 5) is 11.5. The van der Waals surface area contributed by atoms with E-state index in [2.05, 4.69) is 6.92 Å². The minimum Gasteiger partial charge on any atom is -0.491 e. The number of para-hydroxylation sites is 1. The lowest BCUT2D eigenvalue weighted by Gasteiger charge is -2.08. The van der Waals surface area contributed by atoms with Gasteiger partial charge in [0.05, 0.1) is 13.2 Å². The van der Waals surface area contributed by atoms with Crippen LogP contribution in [0.3, 0.4) is 0 Å². The third-order valence-corrected chi connectivity index (χ3v) is 3.71. The molecule has 0 amide bonds. The van der Waals surface area contributed by atoms with Crippen molar-refractivity contribution in [3.8, 4) is 5.75 Å². The van der Waals surface area contributed by atoms with Crippen molar-refractivity contribution in [2.75, 3.05) is 26.4 Å². The van der Waals surface area contributed by atoms with Gasteiger partial charge in [0.15, 0.2) is 0 Å². The van der Waals surface area contributed by atoms with Gasteiger partial charge in [0.1, 0.15) is 19.0 Å². The number of rotatable bonds is 15. The molecule has 136 valence electrons. The van der Waals surface area contributed by atoms with E-state index in [0.717, 1.165) is 18.6 Å². The van der Waals surface area contributed by atoms with Gasteiger partial charge >= 0.3 is 5.97 Å². The average Bonchev–Trinajstić information content (AvgIpc) is 2.61. The maximum Gasteiger partial charge on any atom is 0.305 e. The summed E-state index contributed by atoms with van der Waals surface area (Å²) in [7, 11) is 0. The fourth-order valence-corrected chi connectivity index (χ4v) is 2.35. The second-order valence-electron chi connectivity index (χ2n) is 5.87. The van der Waals surface area contributed by atoms with Crippen LogP contribution in [-0.4, -0.2) is 32.4 Å². The molecule has 0 unspecified atom stereocenters. The molecular weight excluding hydrogens is 304 g/mol. The van der Waals surface area contributed by atoms with E-state index in [0.29, 0.717) is 32.8 Å². The molecule has 0 saturated carbocycles.